The number of carbonyl (C=O) groups excluding carboxylic acids is 1. The van der Waals surface area contributed by atoms with E-state index in [1.54, 1.807) is 20.0 Å². The molecule has 4 atom stereocenters. The van der Waals surface area contributed by atoms with Gasteiger partial charge in [-0.25, -0.2) is 0 Å². The highest BCUT2D eigenvalue weighted by Crippen LogP contribution is 2.18. The fourth-order valence-corrected chi connectivity index (χ4v) is 2.26. The summed E-state index contributed by atoms with van der Waals surface area (Å²) < 4.78 is 5.55. The number of allylic oxidation sites excluding steroid dienone is 1. The van der Waals surface area contributed by atoms with Crippen LogP contribution in [0.1, 0.15) is 6.92 Å². The molecule has 0 aromatic heterocycles. The van der Waals surface area contributed by atoms with Crippen LogP contribution in [0, 0.1) is 0 Å². The van der Waals surface area contributed by atoms with Crippen LogP contribution in [0.25, 0.3) is 0 Å². The Morgan fingerprint density at radius 1 is 1.33 bits per heavy atom. The van der Waals surface area contributed by atoms with E-state index >= 15 is 0 Å². The minimum Gasteiger partial charge on any atom is -0.388 e. The number of nitrogens with one attached hydrogen (secondary N) is 2. The van der Waals surface area contributed by atoms with Crippen LogP contribution in [0.4, 0.5) is 0 Å². The molecule has 148 valence electrons. The summed E-state index contributed by atoms with van der Waals surface area (Å²) in [5, 5.41) is 26.0. The molecular weight excluding hydrogens is 350 g/mol. The maximum Gasteiger partial charge on any atom is 0.252 e. The van der Waals surface area contributed by atoms with Gasteiger partial charge in [0.05, 0.1) is 18.4 Å². The maximum atomic E-state index is 11.9. The van der Waals surface area contributed by atoms with E-state index < -0.39 is 30.3 Å². The first-order valence-corrected chi connectivity index (χ1v) is 8.41. The number of amidine groups is 1. The Morgan fingerprint density at radius 3 is 2.70 bits per heavy atom. The van der Waals surface area contributed by atoms with Gasteiger partial charge in [-0.1, -0.05) is 19.2 Å². The summed E-state index contributed by atoms with van der Waals surface area (Å²) in [5.41, 5.74) is 0.167. The van der Waals surface area contributed by atoms with E-state index in [4.69, 9.17) is 4.74 Å². The molecule has 1 rings (SSSR count). The Morgan fingerprint density at radius 2 is 2.07 bits per heavy atom. The van der Waals surface area contributed by atoms with E-state index in [1.165, 1.54) is 24.8 Å². The molecule has 1 fully saturated rings. The molecule has 0 unspecified atom stereocenters. The van der Waals surface area contributed by atoms with Crippen molar-refractivity contribution in [1.29, 1.82) is 0 Å². The first-order chi connectivity index (χ1) is 12.9. The minimum atomic E-state index is -1.22. The molecular formula is C18H27N5O4. The lowest BCUT2D eigenvalue weighted by Crippen LogP contribution is -2.56. The number of aliphatic imine (C=N–C) groups is 3. The highest BCUT2D eigenvalue weighted by molar-refractivity contribution is 6.29. The van der Waals surface area contributed by atoms with E-state index in [0.717, 1.165) is 0 Å². The molecule has 1 heterocycles. The van der Waals surface area contributed by atoms with E-state index in [9.17, 15) is 15.0 Å². The molecule has 1 aliphatic rings. The van der Waals surface area contributed by atoms with Gasteiger partial charge in [-0.15, -0.1) is 0 Å². The summed E-state index contributed by atoms with van der Waals surface area (Å²) in [6, 6.07) is -0.685. The third kappa shape index (κ3) is 7.26. The summed E-state index contributed by atoms with van der Waals surface area (Å²) in [4.78, 5) is 23.9. The molecule has 0 radical (unpaired) electrons. The number of amides is 1. The van der Waals surface area contributed by atoms with E-state index in [2.05, 4.69) is 38.8 Å². The van der Waals surface area contributed by atoms with Gasteiger partial charge in [0.1, 0.15) is 30.2 Å². The van der Waals surface area contributed by atoms with Crippen molar-refractivity contribution in [1.82, 2.24) is 10.6 Å². The SMILES string of the molecule is C=CNC(C=NC)=N[C@H]1CO[C@H](CNC(=O)C(=C)C=N/C=C\C)[C@H](O)[C@@H]1O. The van der Waals surface area contributed by atoms with Crippen LogP contribution >= 0.6 is 0 Å². The second kappa shape index (κ2) is 11.9. The Hall–Kier alpha value is -2.62. The van der Waals surface area contributed by atoms with Crippen molar-refractivity contribution in [3.05, 3.63) is 37.2 Å². The van der Waals surface area contributed by atoms with Gasteiger partial charge in [-0.2, -0.15) is 0 Å². The largest absolute Gasteiger partial charge is 0.388 e. The van der Waals surface area contributed by atoms with Crippen LogP contribution in [-0.4, -0.2) is 78.9 Å². The van der Waals surface area contributed by atoms with Crippen molar-refractivity contribution >= 4 is 24.2 Å². The van der Waals surface area contributed by atoms with Crippen molar-refractivity contribution in [3.63, 3.8) is 0 Å². The lowest BCUT2D eigenvalue weighted by molar-refractivity contribution is -0.144. The Labute approximate surface area is 159 Å². The van der Waals surface area contributed by atoms with E-state index in [-0.39, 0.29) is 18.7 Å². The molecule has 0 aliphatic carbocycles. The number of carbonyl (C=O) groups is 1. The Kier molecular flexibility index (Phi) is 9.88. The zero-order valence-corrected chi connectivity index (χ0v) is 15.6. The van der Waals surface area contributed by atoms with Crippen molar-refractivity contribution < 1.29 is 19.7 Å². The number of hydrogen-bond donors (Lipinski definition) is 4. The smallest absolute Gasteiger partial charge is 0.252 e. The molecule has 1 aliphatic heterocycles. The first-order valence-electron chi connectivity index (χ1n) is 8.41. The second-order valence-corrected chi connectivity index (χ2v) is 5.67. The predicted molar refractivity (Wildman–Crippen MR) is 106 cm³/mol. The van der Waals surface area contributed by atoms with Crippen LogP contribution < -0.4 is 10.6 Å². The van der Waals surface area contributed by atoms with Crippen molar-refractivity contribution in [2.75, 3.05) is 20.2 Å². The summed E-state index contributed by atoms with van der Waals surface area (Å²) in [6.45, 7) is 9.04. The zero-order chi connectivity index (χ0) is 20.2. The average Bonchev–Trinajstić information content (AvgIpc) is 2.65. The van der Waals surface area contributed by atoms with Gasteiger partial charge < -0.3 is 25.6 Å². The third-order valence-electron chi connectivity index (χ3n) is 3.63. The predicted octanol–water partition coefficient (Wildman–Crippen LogP) is -0.415. The van der Waals surface area contributed by atoms with Gasteiger partial charge >= 0.3 is 0 Å². The molecule has 1 saturated heterocycles. The summed E-state index contributed by atoms with van der Waals surface area (Å²) in [7, 11) is 1.58. The normalized spacial score (nSPS) is 26.6. The van der Waals surface area contributed by atoms with Crippen LogP contribution in [0.5, 0.6) is 0 Å². The van der Waals surface area contributed by atoms with Crippen LogP contribution in [0.2, 0.25) is 0 Å². The summed E-state index contributed by atoms with van der Waals surface area (Å²) in [5.74, 6) is -0.0545. The zero-order valence-electron chi connectivity index (χ0n) is 15.6. The standard InChI is InChI=1S/C18H27N5O4/c1-5-7-20-8-12(3)18(26)22-9-14-17(25)16(24)13(11-27-14)23-15(10-19-4)21-6-2/h5-8,10,13-14,16-17,24-25H,2-3,9,11H2,1,4H3,(H,21,23)(H,22,26)/b7-5-,19-10?,20-8?/t13-,14+,16+,17-/m0/s1. The Balaban J connectivity index is 2.63. The topological polar surface area (TPSA) is 128 Å². The molecule has 9 nitrogen and oxygen atoms in total. The fraction of sp³-hybridized carbons (Fsp3) is 0.444. The van der Waals surface area contributed by atoms with E-state index in [1.807, 2.05) is 0 Å². The number of nitrogens with zero attached hydrogens (tertiary/aromatic N) is 3. The fourth-order valence-electron chi connectivity index (χ4n) is 2.26. The third-order valence-corrected chi connectivity index (χ3v) is 3.63. The first kappa shape index (κ1) is 22.4. The lowest BCUT2D eigenvalue weighted by Gasteiger charge is -2.36. The molecule has 9 heteroatoms. The molecule has 0 spiro atoms. The monoisotopic (exact) mass is 377 g/mol. The van der Waals surface area contributed by atoms with Crippen molar-refractivity contribution in [3.8, 4) is 0 Å². The molecule has 0 aromatic carbocycles. The molecule has 4 N–H and O–H groups in total. The van der Waals surface area contributed by atoms with Gasteiger partial charge in [0.2, 0.25) is 0 Å². The number of aliphatic hydroxyl groups excluding tert-OH is 2. The summed E-state index contributed by atoms with van der Waals surface area (Å²) in [6.07, 6.45) is 4.32. The minimum absolute atomic E-state index is 0.0121. The van der Waals surface area contributed by atoms with E-state index in [0.29, 0.717) is 5.84 Å². The highest BCUT2D eigenvalue weighted by atomic mass is 16.5. The maximum absolute atomic E-state index is 11.9. The van der Waals surface area contributed by atoms with Gasteiger partial charge in [-0.3, -0.25) is 19.8 Å². The van der Waals surface area contributed by atoms with Crippen molar-refractivity contribution in [2.45, 2.75) is 31.3 Å². The number of rotatable bonds is 8. The molecule has 27 heavy (non-hydrogen) atoms. The highest BCUT2D eigenvalue weighted by Gasteiger charge is 2.38. The molecule has 1 amide bonds. The number of aliphatic hydroxyl groups is 2. The van der Waals surface area contributed by atoms with Crippen LogP contribution in [0.15, 0.2) is 52.2 Å². The second-order valence-electron chi connectivity index (χ2n) is 5.67. The van der Waals surface area contributed by atoms with Gasteiger partial charge in [0.15, 0.2) is 0 Å². The van der Waals surface area contributed by atoms with Gasteiger partial charge in [-0.05, 0) is 13.1 Å². The summed E-state index contributed by atoms with van der Waals surface area (Å²) >= 11 is 0. The molecule has 0 bridgehead atoms. The van der Waals surface area contributed by atoms with Crippen LogP contribution in [-0.2, 0) is 9.53 Å². The van der Waals surface area contributed by atoms with Gasteiger partial charge in [0.25, 0.3) is 5.91 Å². The Bertz CT molecular complexity index is 642. The van der Waals surface area contributed by atoms with Gasteiger partial charge in [0, 0.05) is 26.0 Å². The van der Waals surface area contributed by atoms with Crippen LogP contribution in [0.3, 0.4) is 0 Å². The quantitative estimate of drug-likeness (QED) is 0.260. The number of ether oxygens (including phenoxy) is 1. The van der Waals surface area contributed by atoms with Crippen molar-refractivity contribution in [2.24, 2.45) is 15.0 Å². The lowest BCUT2D eigenvalue weighted by atomic mass is 9.98. The number of hydrogen-bond acceptors (Lipinski definition) is 7. The average molecular weight is 377 g/mol. The molecule has 0 aromatic rings. The molecule has 0 saturated carbocycles.